The van der Waals surface area contributed by atoms with E-state index in [9.17, 15) is 4.79 Å². The number of benzene rings is 2. The Labute approximate surface area is 228 Å². The molecule has 1 atom stereocenters. The van der Waals surface area contributed by atoms with Crippen molar-refractivity contribution in [1.82, 2.24) is 0 Å². The van der Waals surface area contributed by atoms with Crippen molar-refractivity contribution >= 4 is 34.1 Å². The minimum absolute atomic E-state index is 0.187. The summed E-state index contributed by atoms with van der Waals surface area (Å²) in [5.74, 6) is 2.54. The smallest absolute Gasteiger partial charge is 0.259 e. The largest absolute Gasteiger partial charge is 0.495 e. The van der Waals surface area contributed by atoms with Gasteiger partial charge in [0.1, 0.15) is 10.8 Å². The summed E-state index contributed by atoms with van der Waals surface area (Å²) in [6, 6.07) is 11.1. The van der Waals surface area contributed by atoms with Crippen LogP contribution in [0.2, 0.25) is 0 Å². The third-order valence-electron chi connectivity index (χ3n) is 7.11. The van der Waals surface area contributed by atoms with Crippen LogP contribution < -0.4 is 24.3 Å². The molecule has 7 nitrogen and oxygen atoms in total. The van der Waals surface area contributed by atoms with Gasteiger partial charge >= 0.3 is 0 Å². The van der Waals surface area contributed by atoms with Gasteiger partial charge in [-0.2, -0.15) is 0 Å². The van der Waals surface area contributed by atoms with E-state index in [1.165, 1.54) is 4.88 Å². The van der Waals surface area contributed by atoms with Crippen LogP contribution in [0.5, 0.6) is 23.0 Å². The van der Waals surface area contributed by atoms with Crippen molar-refractivity contribution < 1.29 is 23.7 Å². The van der Waals surface area contributed by atoms with Crippen LogP contribution in [-0.4, -0.2) is 40.6 Å². The van der Waals surface area contributed by atoms with Crippen molar-refractivity contribution in [3.8, 4) is 23.0 Å². The van der Waals surface area contributed by atoms with Crippen LogP contribution in [0.25, 0.3) is 0 Å². The lowest BCUT2D eigenvalue weighted by Crippen LogP contribution is -2.27. The quantitative estimate of drug-likeness (QED) is 0.316. The van der Waals surface area contributed by atoms with E-state index in [0.717, 1.165) is 30.4 Å². The first-order chi connectivity index (χ1) is 18.2. The monoisotopic (exact) mass is 536 g/mol. The Balaban J connectivity index is 1.77. The maximum Gasteiger partial charge on any atom is 0.259 e. The maximum atomic E-state index is 13.7. The Hall–Kier alpha value is -3.52. The van der Waals surface area contributed by atoms with E-state index in [0.29, 0.717) is 45.2 Å². The third kappa shape index (κ3) is 5.50. The van der Waals surface area contributed by atoms with Gasteiger partial charge in [-0.1, -0.05) is 32.9 Å². The topological polar surface area (TPSA) is 78.4 Å². The number of nitrogens with zero attached hydrogens (tertiary/aromatic N) is 1. The number of hydrogen-bond acceptors (Lipinski definition) is 7. The van der Waals surface area contributed by atoms with Crippen LogP contribution in [0.1, 0.15) is 53.6 Å². The average Bonchev–Trinajstić information content (AvgIpc) is 3.28. The lowest BCUT2D eigenvalue weighted by atomic mass is 9.72. The van der Waals surface area contributed by atoms with Gasteiger partial charge in [0.15, 0.2) is 11.5 Å². The first kappa shape index (κ1) is 27.5. The SMILES string of the molecule is COc1ccccc1NC(=O)c1c(N=Cc2ccc(OC)c(OC)c2OC)sc2c1CC[C@@H](C(C)(C)C)C2. The Morgan fingerprint density at radius 3 is 2.34 bits per heavy atom. The first-order valence-corrected chi connectivity index (χ1v) is 13.4. The van der Waals surface area contributed by atoms with Crippen molar-refractivity contribution in [2.45, 2.75) is 40.0 Å². The Bertz CT molecular complexity index is 1340. The second kappa shape index (κ2) is 11.5. The normalized spacial score (nSPS) is 15.2. The fraction of sp³-hybridized carbons (Fsp3) is 0.400. The molecule has 1 aliphatic carbocycles. The Morgan fingerprint density at radius 2 is 1.68 bits per heavy atom. The molecule has 0 saturated heterocycles. The highest BCUT2D eigenvalue weighted by molar-refractivity contribution is 7.16. The highest BCUT2D eigenvalue weighted by Crippen LogP contribution is 2.46. The van der Waals surface area contributed by atoms with Gasteiger partial charge in [-0.15, -0.1) is 11.3 Å². The second-order valence-corrected chi connectivity index (χ2v) is 11.4. The van der Waals surface area contributed by atoms with Crippen LogP contribution >= 0.6 is 11.3 Å². The van der Waals surface area contributed by atoms with E-state index in [4.69, 9.17) is 23.9 Å². The molecule has 0 saturated carbocycles. The summed E-state index contributed by atoms with van der Waals surface area (Å²) in [4.78, 5) is 19.8. The summed E-state index contributed by atoms with van der Waals surface area (Å²) in [5.41, 5.74) is 3.26. The number of rotatable bonds is 8. The van der Waals surface area contributed by atoms with Crippen molar-refractivity contribution in [2.24, 2.45) is 16.3 Å². The molecular formula is C30H36N2O5S. The standard InChI is InChI=1S/C30H36N2O5S/c1-30(2,3)19-13-14-20-24(16-19)38-29(25(20)28(33)32-21-10-8-9-11-22(21)34-4)31-17-18-12-15-23(35-5)27(37-7)26(18)36-6/h8-12,15,17,19H,13-14,16H2,1-7H3,(H,32,33)/t19-/m1/s1. The summed E-state index contributed by atoms with van der Waals surface area (Å²) < 4.78 is 22.0. The van der Waals surface area contributed by atoms with E-state index in [-0.39, 0.29) is 11.3 Å². The van der Waals surface area contributed by atoms with Crippen molar-refractivity contribution in [3.63, 3.8) is 0 Å². The van der Waals surface area contributed by atoms with Gasteiger partial charge in [-0.25, -0.2) is 4.99 Å². The van der Waals surface area contributed by atoms with E-state index in [1.807, 2.05) is 36.4 Å². The van der Waals surface area contributed by atoms with Crippen LogP contribution in [0.15, 0.2) is 41.4 Å². The molecule has 38 heavy (non-hydrogen) atoms. The minimum atomic E-state index is -0.187. The number of amides is 1. The number of para-hydroxylation sites is 2. The van der Waals surface area contributed by atoms with Gasteiger partial charge < -0.3 is 24.3 Å². The van der Waals surface area contributed by atoms with Gasteiger partial charge in [0.05, 0.1) is 39.7 Å². The summed E-state index contributed by atoms with van der Waals surface area (Å²) >= 11 is 1.59. The first-order valence-electron chi connectivity index (χ1n) is 12.6. The molecule has 1 N–H and O–H groups in total. The molecule has 0 spiro atoms. The molecule has 1 aliphatic rings. The number of aliphatic imine (C=N–C) groups is 1. The molecule has 4 rings (SSSR count). The average molecular weight is 537 g/mol. The predicted octanol–water partition coefficient (Wildman–Crippen LogP) is 6.94. The molecule has 3 aromatic rings. The van der Waals surface area contributed by atoms with Gasteiger partial charge in [-0.3, -0.25) is 4.79 Å². The summed E-state index contributed by atoms with van der Waals surface area (Å²) in [6.07, 6.45) is 4.54. The van der Waals surface area contributed by atoms with Crippen LogP contribution in [-0.2, 0) is 12.8 Å². The minimum Gasteiger partial charge on any atom is -0.495 e. The molecule has 8 heteroatoms. The molecule has 0 fully saturated rings. The number of nitrogens with one attached hydrogen (secondary N) is 1. The predicted molar refractivity (Wildman–Crippen MR) is 154 cm³/mol. The zero-order valence-corrected chi connectivity index (χ0v) is 24.0. The fourth-order valence-electron chi connectivity index (χ4n) is 4.92. The number of methoxy groups -OCH3 is 4. The van der Waals surface area contributed by atoms with Crippen LogP contribution in [0, 0.1) is 11.3 Å². The summed E-state index contributed by atoms with van der Waals surface area (Å²) in [7, 11) is 6.33. The highest BCUT2D eigenvalue weighted by atomic mass is 32.1. The molecule has 0 unspecified atom stereocenters. The highest BCUT2D eigenvalue weighted by Gasteiger charge is 2.34. The zero-order valence-electron chi connectivity index (χ0n) is 23.1. The van der Waals surface area contributed by atoms with Gasteiger partial charge in [0.2, 0.25) is 5.75 Å². The number of fused-ring (bicyclic) bond motifs is 1. The van der Waals surface area contributed by atoms with E-state index in [1.54, 1.807) is 46.0 Å². The number of thiophene rings is 1. The molecule has 2 aromatic carbocycles. The van der Waals surface area contributed by atoms with Crippen LogP contribution in [0.4, 0.5) is 10.7 Å². The number of carbonyl (C=O) groups excluding carboxylic acids is 1. The van der Waals surface area contributed by atoms with Gasteiger partial charge in [-0.05, 0) is 60.4 Å². The van der Waals surface area contributed by atoms with Crippen LogP contribution in [0.3, 0.4) is 0 Å². The van der Waals surface area contributed by atoms with E-state index >= 15 is 0 Å². The molecule has 1 heterocycles. The maximum absolute atomic E-state index is 13.7. The molecule has 1 amide bonds. The Morgan fingerprint density at radius 1 is 0.974 bits per heavy atom. The summed E-state index contributed by atoms with van der Waals surface area (Å²) in [5, 5.41) is 3.73. The molecule has 0 radical (unpaired) electrons. The number of ether oxygens (including phenoxy) is 4. The van der Waals surface area contributed by atoms with Gasteiger partial charge in [0.25, 0.3) is 5.91 Å². The number of carbonyl (C=O) groups is 1. The molecule has 1 aromatic heterocycles. The third-order valence-corrected chi connectivity index (χ3v) is 8.27. The second-order valence-electron chi connectivity index (χ2n) is 10.3. The summed E-state index contributed by atoms with van der Waals surface area (Å²) in [6.45, 7) is 6.86. The molecule has 0 bridgehead atoms. The van der Waals surface area contributed by atoms with Gasteiger partial charge in [0, 0.05) is 16.7 Å². The van der Waals surface area contributed by atoms with Crippen molar-refractivity contribution in [1.29, 1.82) is 0 Å². The van der Waals surface area contributed by atoms with E-state index < -0.39 is 0 Å². The van der Waals surface area contributed by atoms with Crippen molar-refractivity contribution in [3.05, 3.63) is 58.0 Å². The lowest BCUT2D eigenvalue weighted by molar-refractivity contribution is 0.102. The molecule has 202 valence electrons. The Kier molecular flexibility index (Phi) is 8.31. The fourth-order valence-corrected chi connectivity index (χ4v) is 6.19. The number of hydrogen-bond donors (Lipinski definition) is 1. The lowest BCUT2D eigenvalue weighted by Gasteiger charge is -2.33. The van der Waals surface area contributed by atoms with E-state index in [2.05, 4.69) is 26.1 Å². The molecular weight excluding hydrogens is 500 g/mol. The number of anilines is 1. The zero-order chi connectivity index (χ0) is 27.4. The molecule has 0 aliphatic heterocycles. The van der Waals surface area contributed by atoms with Crippen molar-refractivity contribution in [2.75, 3.05) is 33.8 Å².